The molecule has 0 aliphatic rings. The summed E-state index contributed by atoms with van der Waals surface area (Å²) in [6, 6.07) is 7.83. The summed E-state index contributed by atoms with van der Waals surface area (Å²) in [6.07, 6.45) is 2.76. The molecule has 1 rings (SSSR count). The highest BCUT2D eigenvalue weighted by molar-refractivity contribution is 7.98. The van der Waals surface area contributed by atoms with Crippen molar-refractivity contribution in [3.8, 4) is 0 Å². The summed E-state index contributed by atoms with van der Waals surface area (Å²) in [6.45, 7) is 2.67. The second-order valence-electron chi connectivity index (χ2n) is 4.57. The number of likely N-dealkylation sites (N-methyl/N-ethyl adjacent to an activating group) is 1. The van der Waals surface area contributed by atoms with Crippen LogP contribution in [0.1, 0.15) is 17.5 Å². The lowest BCUT2D eigenvalue weighted by atomic mass is 10.1. The average Bonchev–Trinajstić information content (AvgIpc) is 2.37. The zero-order chi connectivity index (χ0) is 13.5. The number of nitrogens with two attached hydrogens (primary N) is 1. The van der Waals surface area contributed by atoms with Crippen molar-refractivity contribution < 1.29 is 4.79 Å². The molecule has 100 valence electrons. The van der Waals surface area contributed by atoms with Crippen molar-refractivity contribution in [2.75, 3.05) is 19.1 Å². The van der Waals surface area contributed by atoms with Crippen LogP contribution in [0.25, 0.3) is 0 Å². The van der Waals surface area contributed by atoms with Gasteiger partial charge >= 0.3 is 0 Å². The second-order valence-corrected chi connectivity index (χ2v) is 5.55. The van der Waals surface area contributed by atoms with Crippen LogP contribution in [-0.2, 0) is 11.3 Å². The number of carbonyl (C=O) groups is 1. The minimum absolute atomic E-state index is 0.0182. The van der Waals surface area contributed by atoms with Gasteiger partial charge in [0.25, 0.3) is 0 Å². The number of carbonyl (C=O) groups excluding carboxylic acids is 1. The van der Waals surface area contributed by atoms with E-state index in [1.807, 2.05) is 18.4 Å². The molecule has 2 N–H and O–H groups in total. The van der Waals surface area contributed by atoms with E-state index in [1.54, 1.807) is 23.7 Å². The van der Waals surface area contributed by atoms with Crippen LogP contribution in [0.5, 0.6) is 0 Å². The first-order chi connectivity index (χ1) is 8.54. The second kappa shape index (κ2) is 7.44. The Balaban J connectivity index is 2.51. The molecule has 0 unspecified atom stereocenters. The third-order valence-corrected chi connectivity index (χ3v) is 3.51. The molecule has 18 heavy (non-hydrogen) atoms. The van der Waals surface area contributed by atoms with Crippen LogP contribution < -0.4 is 5.73 Å². The van der Waals surface area contributed by atoms with E-state index in [0.29, 0.717) is 6.54 Å². The smallest absolute Gasteiger partial charge is 0.239 e. The molecule has 4 heteroatoms. The summed E-state index contributed by atoms with van der Waals surface area (Å²) in [7, 11) is 1.81. The van der Waals surface area contributed by atoms with Crippen molar-refractivity contribution in [1.29, 1.82) is 0 Å². The highest BCUT2D eigenvalue weighted by atomic mass is 32.2. The molecule has 0 bridgehead atoms. The van der Waals surface area contributed by atoms with Gasteiger partial charge in [0.05, 0.1) is 6.04 Å². The largest absolute Gasteiger partial charge is 0.340 e. The molecule has 0 aliphatic carbocycles. The Morgan fingerprint density at radius 3 is 2.56 bits per heavy atom. The molecule has 0 saturated heterocycles. The lowest BCUT2D eigenvalue weighted by Gasteiger charge is -2.21. The van der Waals surface area contributed by atoms with Crippen LogP contribution >= 0.6 is 11.8 Å². The molecular weight excluding hydrogens is 244 g/mol. The fraction of sp³-hybridized carbons (Fsp3) is 0.500. The summed E-state index contributed by atoms with van der Waals surface area (Å²) in [5, 5.41) is 0. The van der Waals surface area contributed by atoms with Gasteiger partial charge in [-0.2, -0.15) is 11.8 Å². The van der Waals surface area contributed by atoms with E-state index in [2.05, 4.69) is 19.1 Å². The summed E-state index contributed by atoms with van der Waals surface area (Å²) in [5.74, 6) is 0.940. The fourth-order valence-electron chi connectivity index (χ4n) is 1.70. The summed E-state index contributed by atoms with van der Waals surface area (Å²) in [5.41, 5.74) is 8.24. The summed E-state index contributed by atoms with van der Waals surface area (Å²) >= 11 is 1.71. The Labute approximate surface area is 114 Å². The standard InChI is InChI=1S/C14H22N2OS/c1-11-4-6-12(7-5-11)10-16(2)14(17)13(15)8-9-18-3/h4-7,13H,8-10,15H2,1-3H3/t13-/m1/s1. The van der Waals surface area contributed by atoms with Gasteiger partial charge in [0.2, 0.25) is 5.91 Å². The number of nitrogens with zero attached hydrogens (tertiary/aromatic N) is 1. The van der Waals surface area contributed by atoms with Gasteiger partial charge in [0, 0.05) is 13.6 Å². The van der Waals surface area contributed by atoms with E-state index in [-0.39, 0.29) is 11.9 Å². The lowest BCUT2D eigenvalue weighted by molar-refractivity contribution is -0.131. The van der Waals surface area contributed by atoms with E-state index in [9.17, 15) is 4.79 Å². The van der Waals surface area contributed by atoms with Gasteiger partial charge in [-0.25, -0.2) is 0 Å². The molecule has 1 aromatic rings. The minimum Gasteiger partial charge on any atom is -0.340 e. The van der Waals surface area contributed by atoms with E-state index in [1.165, 1.54) is 5.56 Å². The molecule has 0 spiro atoms. The van der Waals surface area contributed by atoms with Crippen LogP contribution in [-0.4, -0.2) is 35.9 Å². The van der Waals surface area contributed by atoms with Crippen molar-refractivity contribution in [3.05, 3.63) is 35.4 Å². The number of hydrogen-bond donors (Lipinski definition) is 1. The normalized spacial score (nSPS) is 12.2. The van der Waals surface area contributed by atoms with Crippen LogP contribution in [0.4, 0.5) is 0 Å². The van der Waals surface area contributed by atoms with Crippen LogP contribution in [0.15, 0.2) is 24.3 Å². The predicted molar refractivity (Wildman–Crippen MR) is 78.6 cm³/mol. The van der Waals surface area contributed by atoms with Crippen LogP contribution in [0.2, 0.25) is 0 Å². The first kappa shape index (κ1) is 15.1. The molecule has 0 fully saturated rings. The maximum absolute atomic E-state index is 12.0. The number of amides is 1. The number of rotatable bonds is 6. The summed E-state index contributed by atoms with van der Waals surface area (Å²) in [4.78, 5) is 13.7. The zero-order valence-electron chi connectivity index (χ0n) is 11.3. The molecule has 1 atom stereocenters. The third-order valence-electron chi connectivity index (χ3n) is 2.87. The van der Waals surface area contributed by atoms with Crippen LogP contribution in [0, 0.1) is 6.92 Å². The Morgan fingerprint density at radius 1 is 1.39 bits per heavy atom. The maximum atomic E-state index is 12.0. The molecule has 1 aromatic carbocycles. The van der Waals surface area contributed by atoms with Gasteiger partial charge in [-0.1, -0.05) is 29.8 Å². The Morgan fingerprint density at radius 2 is 2.00 bits per heavy atom. The fourth-order valence-corrected chi connectivity index (χ4v) is 2.19. The van der Waals surface area contributed by atoms with Gasteiger partial charge in [-0.15, -0.1) is 0 Å². The van der Waals surface area contributed by atoms with Crippen molar-refractivity contribution in [1.82, 2.24) is 4.90 Å². The first-order valence-corrected chi connectivity index (χ1v) is 7.49. The monoisotopic (exact) mass is 266 g/mol. The zero-order valence-corrected chi connectivity index (χ0v) is 12.2. The third kappa shape index (κ3) is 4.70. The molecule has 1 amide bonds. The molecule has 0 aromatic heterocycles. The van der Waals surface area contributed by atoms with Crippen molar-refractivity contribution in [3.63, 3.8) is 0 Å². The quantitative estimate of drug-likeness (QED) is 0.857. The Bertz CT molecular complexity index is 378. The molecule has 3 nitrogen and oxygen atoms in total. The lowest BCUT2D eigenvalue weighted by Crippen LogP contribution is -2.41. The van der Waals surface area contributed by atoms with E-state index < -0.39 is 0 Å². The molecular formula is C14H22N2OS. The Hall–Kier alpha value is -1.00. The predicted octanol–water partition coefficient (Wildman–Crippen LogP) is 2.03. The van der Waals surface area contributed by atoms with Crippen molar-refractivity contribution in [2.45, 2.75) is 25.9 Å². The average molecular weight is 266 g/mol. The molecule has 0 saturated carbocycles. The summed E-state index contributed by atoms with van der Waals surface area (Å²) < 4.78 is 0. The van der Waals surface area contributed by atoms with Crippen molar-refractivity contribution in [2.24, 2.45) is 5.73 Å². The topological polar surface area (TPSA) is 46.3 Å². The highest BCUT2D eigenvalue weighted by Crippen LogP contribution is 2.08. The SMILES string of the molecule is CSCC[C@@H](N)C(=O)N(C)Cc1ccc(C)cc1. The van der Waals surface area contributed by atoms with E-state index in [0.717, 1.165) is 17.7 Å². The van der Waals surface area contributed by atoms with E-state index >= 15 is 0 Å². The van der Waals surface area contributed by atoms with Gasteiger partial charge in [0.1, 0.15) is 0 Å². The van der Waals surface area contributed by atoms with Gasteiger partial charge in [0.15, 0.2) is 0 Å². The first-order valence-electron chi connectivity index (χ1n) is 6.09. The maximum Gasteiger partial charge on any atom is 0.239 e. The molecule has 0 aliphatic heterocycles. The number of hydrogen-bond acceptors (Lipinski definition) is 3. The Kier molecular flexibility index (Phi) is 6.22. The van der Waals surface area contributed by atoms with E-state index in [4.69, 9.17) is 5.73 Å². The number of thioether (sulfide) groups is 1. The van der Waals surface area contributed by atoms with Gasteiger partial charge in [-0.3, -0.25) is 4.79 Å². The van der Waals surface area contributed by atoms with Gasteiger partial charge < -0.3 is 10.6 Å². The number of benzene rings is 1. The molecule has 0 heterocycles. The minimum atomic E-state index is -0.382. The van der Waals surface area contributed by atoms with Crippen LogP contribution in [0.3, 0.4) is 0 Å². The van der Waals surface area contributed by atoms with Gasteiger partial charge in [-0.05, 0) is 30.9 Å². The number of aryl methyl sites for hydroxylation is 1. The van der Waals surface area contributed by atoms with Crippen molar-refractivity contribution >= 4 is 17.7 Å². The molecule has 0 radical (unpaired) electrons. The highest BCUT2D eigenvalue weighted by Gasteiger charge is 2.17.